The topological polar surface area (TPSA) is 123 Å². The zero-order valence-electron chi connectivity index (χ0n) is 14.8. The van der Waals surface area contributed by atoms with Crippen LogP contribution in [0.25, 0.3) is 0 Å². The summed E-state index contributed by atoms with van der Waals surface area (Å²) in [4.78, 5) is 23.7. The van der Waals surface area contributed by atoms with Crippen molar-refractivity contribution >= 4 is 11.9 Å². The van der Waals surface area contributed by atoms with E-state index in [2.05, 4.69) is 0 Å². The predicted molar refractivity (Wildman–Crippen MR) is 95.2 cm³/mol. The zero-order chi connectivity index (χ0) is 20.1. The third-order valence-corrected chi connectivity index (χ3v) is 4.32. The molecule has 0 unspecified atom stereocenters. The van der Waals surface area contributed by atoms with Gasteiger partial charge in [0, 0.05) is 0 Å². The molecule has 0 spiro atoms. The zero-order valence-corrected chi connectivity index (χ0v) is 14.8. The molecular weight excluding hydrogens is 368 g/mol. The Kier molecular flexibility index (Phi) is 6.37. The number of rotatable bonds is 6. The molecule has 2 aromatic rings. The van der Waals surface area contributed by atoms with E-state index in [4.69, 9.17) is 14.2 Å². The summed E-state index contributed by atoms with van der Waals surface area (Å²) in [5.74, 6) is -2.23. The maximum absolute atomic E-state index is 12.4. The quantitative estimate of drug-likeness (QED) is 0.626. The lowest BCUT2D eigenvalue weighted by Gasteiger charge is -2.40. The highest BCUT2D eigenvalue weighted by atomic mass is 16.7. The molecule has 2 aromatic carbocycles. The van der Waals surface area contributed by atoms with Crippen molar-refractivity contribution in [3.63, 3.8) is 0 Å². The number of carboxylic acids is 1. The summed E-state index contributed by atoms with van der Waals surface area (Å²) in [7, 11) is 0. The van der Waals surface area contributed by atoms with E-state index in [1.54, 1.807) is 42.5 Å². The van der Waals surface area contributed by atoms with Crippen molar-refractivity contribution in [3.05, 3.63) is 71.8 Å². The average Bonchev–Trinajstić information content (AvgIpc) is 2.71. The van der Waals surface area contributed by atoms with Crippen LogP contribution in [0.4, 0.5) is 0 Å². The minimum Gasteiger partial charge on any atom is -0.479 e. The number of benzene rings is 2. The number of carbonyl (C=O) groups excluding carboxylic acids is 1. The molecule has 8 heteroatoms. The fourth-order valence-corrected chi connectivity index (χ4v) is 2.89. The maximum Gasteiger partial charge on any atom is 0.338 e. The minimum absolute atomic E-state index is 0.0149. The second-order valence-corrected chi connectivity index (χ2v) is 6.27. The Morgan fingerprint density at radius 3 is 2.14 bits per heavy atom. The van der Waals surface area contributed by atoms with Gasteiger partial charge in [-0.15, -0.1) is 0 Å². The van der Waals surface area contributed by atoms with Crippen molar-refractivity contribution in [1.82, 2.24) is 0 Å². The summed E-state index contributed by atoms with van der Waals surface area (Å²) in [6.07, 6.45) is -7.88. The Hall–Kier alpha value is -2.78. The third kappa shape index (κ3) is 4.55. The van der Waals surface area contributed by atoms with Crippen LogP contribution in [0.5, 0.6) is 0 Å². The number of aliphatic hydroxyl groups is 2. The number of hydrogen-bond donors (Lipinski definition) is 3. The lowest BCUT2D eigenvalue weighted by Crippen LogP contribution is -2.61. The number of hydrogen-bond acceptors (Lipinski definition) is 7. The molecule has 3 N–H and O–H groups in total. The molecule has 1 heterocycles. The predicted octanol–water partition coefficient (Wildman–Crippen LogP) is 0.960. The van der Waals surface area contributed by atoms with Gasteiger partial charge >= 0.3 is 11.9 Å². The second-order valence-electron chi connectivity index (χ2n) is 6.27. The molecule has 8 nitrogen and oxygen atoms in total. The van der Waals surface area contributed by atoms with Gasteiger partial charge in [-0.05, 0) is 17.7 Å². The highest BCUT2D eigenvalue weighted by molar-refractivity contribution is 5.89. The lowest BCUT2D eigenvalue weighted by atomic mass is 9.98. The van der Waals surface area contributed by atoms with Crippen LogP contribution >= 0.6 is 0 Å². The first kappa shape index (κ1) is 20.0. The molecule has 0 amide bonds. The Morgan fingerprint density at radius 2 is 1.54 bits per heavy atom. The number of carboxylic acid groups (broad SMARTS) is 1. The van der Waals surface area contributed by atoms with Gasteiger partial charge in [-0.2, -0.15) is 0 Å². The smallest absolute Gasteiger partial charge is 0.338 e. The number of carbonyl (C=O) groups is 2. The highest BCUT2D eigenvalue weighted by Gasteiger charge is 2.50. The van der Waals surface area contributed by atoms with E-state index in [1.165, 1.54) is 12.1 Å². The van der Waals surface area contributed by atoms with Gasteiger partial charge in [-0.1, -0.05) is 48.5 Å². The molecule has 0 aliphatic carbocycles. The van der Waals surface area contributed by atoms with Crippen molar-refractivity contribution in [3.8, 4) is 0 Å². The molecule has 3 rings (SSSR count). The summed E-state index contributed by atoms with van der Waals surface area (Å²) in [5.41, 5.74) is 0.988. The Balaban J connectivity index is 1.79. The summed E-state index contributed by atoms with van der Waals surface area (Å²) in [6, 6.07) is 17.0. The number of esters is 1. The van der Waals surface area contributed by atoms with Crippen molar-refractivity contribution in [2.45, 2.75) is 37.3 Å². The van der Waals surface area contributed by atoms with Crippen molar-refractivity contribution in [2.75, 3.05) is 0 Å². The molecule has 0 radical (unpaired) electrons. The molecule has 0 aromatic heterocycles. The van der Waals surface area contributed by atoms with Crippen molar-refractivity contribution < 1.29 is 39.1 Å². The van der Waals surface area contributed by atoms with Crippen molar-refractivity contribution in [1.29, 1.82) is 0 Å². The van der Waals surface area contributed by atoms with Gasteiger partial charge < -0.3 is 29.5 Å². The number of aliphatic hydroxyl groups excluding tert-OH is 2. The third-order valence-electron chi connectivity index (χ3n) is 4.32. The van der Waals surface area contributed by atoms with Gasteiger partial charge in [0.2, 0.25) is 0 Å². The van der Waals surface area contributed by atoms with Gasteiger partial charge in [0.15, 0.2) is 18.5 Å². The summed E-state index contributed by atoms with van der Waals surface area (Å²) in [5, 5.41) is 29.8. The van der Waals surface area contributed by atoms with Crippen LogP contribution in [-0.4, -0.2) is 58.0 Å². The Morgan fingerprint density at radius 1 is 0.929 bits per heavy atom. The first-order valence-corrected chi connectivity index (χ1v) is 8.63. The molecule has 0 saturated carbocycles. The summed E-state index contributed by atoms with van der Waals surface area (Å²) >= 11 is 0. The molecular formula is C20H20O8. The van der Waals surface area contributed by atoms with Gasteiger partial charge in [0.25, 0.3) is 0 Å². The van der Waals surface area contributed by atoms with Crippen LogP contribution in [0, 0.1) is 0 Å². The van der Waals surface area contributed by atoms with Crippen LogP contribution < -0.4 is 0 Å². The number of ether oxygens (including phenoxy) is 3. The molecule has 148 valence electrons. The lowest BCUT2D eigenvalue weighted by molar-refractivity contribution is -0.288. The van der Waals surface area contributed by atoms with E-state index in [-0.39, 0.29) is 12.2 Å². The fraction of sp³-hybridized carbons (Fsp3) is 0.300. The molecule has 1 fully saturated rings. The van der Waals surface area contributed by atoms with Crippen molar-refractivity contribution in [2.24, 2.45) is 0 Å². The Labute approximate surface area is 160 Å². The molecule has 0 bridgehead atoms. The molecule has 1 aliphatic heterocycles. The van der Waals surface area contributed by atoms with Gasteiger partial charge in [0.1, 0.15) is 12.2 Å². The van der Waals surface area contributed by atoms with Crippen LogP contribution in [0.2, 0.25) is 0 Å². The molecule has 28 heavy (non-hydrogen) atoms. The minimum atomic E-state index is -1.78. The maximum atomic E-state index is 12.4. The highest BCUT2D eigenvalue weighted by Crippen LogP contribution is 2.27. The van der Waals surface area contributed by atoms with E-state index >= 15 is 0 Å². The SMILES string of the molecule is O=C(O[C@@H]1[C@@H](OCc2ccccc2)[C@H](O)[C@H](C(=O)O)O[C@H]1O)c1ccccc1. The van der Waals surface area contributed by atoms with E-state index in [0.717, 1.165) is 5.56 Å². The summed E-state index contributed by atoms with van der Waals surface area (Å²) in [6.45, 7) is 0.0149. The molecule has 5 atom stereocenters. The Bertz CT molecular complexity index is 794. The van der Waals surface area contributed by atoms with Crippen LogP contribution in [-0.2, 0) is 25.6 Å². The van der Waals surface area contributed by atoms with E-state index in [9.17, 15) is 24.9 Å². The molecule has 1 saturated heterocycles. The largest absolute Gasteiger partial charge is 0.479 e. The van der Waals surface area contributed by atoms with Gasteiger partial charge in [-0.25, -0.2) is 9.59 Å². The van der Waals surface area contributed by atoms with E-state index in [0.29, 0.717) is 0 Å². The first-order chi connectivity index (χ1) is 13.5. The normalized spacial score (nSPS) is 27.1. The average molecular weight is 388 g/mol. The fourth-order valence-electron chi connectivity index (χ4n) is 2.89. The van der Waals surface area contributed by atoms with E-state index < -0.39 is 42.6 Å². The first-order valence-electron chi connectivity index (χ1n) is 8.63. The van der Waals surface area contributed by atoms with Crippen LogP contribution in [0.1, 0.15) is 15.9 Å². The standard InChI is InChI=1S/C20H20O8/c21-14-15(26-11-12-7-3-1-4-8-12)17(20(25)27-16(14)18(22)23)28-19(24)13-9-5-2-6-10-13/h1-10,14-17,20-21,25H,11H2,(H,22,23)/t14-,15-,16+,17+,20+/m0/s1. The van der Waals surface area contributed by atoms with Crippen LogP contribution in [0.15, 0.2) is 60.7 Å². The molecule has 1 aliphatic rings. The van der Waals surface area contributed by atoms with E-state index in [1.807, 2.05) is 6.07 Å². The van der Waals surface area contributed by atoms with Gasteiger partial charge in [0.05, 0.1) is 12.2 Å². The second kappa shape index (κ2) is 8.94. The number of aliphatic carboxylic acids is 1. The summed E-state index contributed by atoms with van der Waals surface area (Å²) < 4.78 is 15.9. The van der Waals surface area contributed by atoms with Gasteiger partial charge in [-0.3, -0.25) is 0 Å². The monoisotopic (exact) mass is 388 g/mol. The van der Waals surface area contributed by atoms with Crippen LogP contribution in [0.3, 0.4) is 0 Å².